The summed E-state index contributed by atoms with van der Waals surface area (Å²) in [5, 5.41) is 6.31. The molecule has 0 aliphatic heterocycles. The monoisotopic (exact) mass is 417 g/mol. The predicted octanol–water partition coefficient (Wildman–Crippen LogP) is 3.22. The number of rotatable bonds is 10. The molecule has 0 fully saturated rings. The van der Waals surface area contributed by atoms with Gasteiger partial charge < -0.3 is 10.6 Å². The quantitative estimate of drug-likeness (QED) is 0.554. The molecule has 0 aliphatic carbocycles. The molecule has 2 rings (SSSR count). The van der Waals surface area contributed by atoms with Crippen LogP contribution in [0.2, 0.25) is 0 Å². The Balaban J connectivity index is 1.82. The smallest absolute Gasteiger partial charge is 0.240 e. The second-order valence-corrected chi connectivity index (χ2v) is 9.32. The minimum atomic E-state index is -3.63. The van der Waals surface area contributed by atoms with E-state index in [2.05, 4.69) is 29.2 Å². The van der Waals surface area contributed by atoms with E-state index in [-0.39, 0.29) is 29.8 Å². The standard InChI is InChI=1S/C22H31N3O3S/c1-16(2)20(25-19-8-6-5-7-9-19)15-23-22(26)12-13-24-29(27,28)21-11-10-17(3)14-18(21)4/h5-11,14,16,20,24-25H,12-13,15H2,1-4H3,(H,23,26). The van der Waals surface area contributed by atoms with Crippen LogP contribution < -0.4 is 15.4 Å². The lowest BCUT2D eigenvalue weighted by atomic mass is 10.0. The number of nitrogens with one attached hydrogen (secondary N) is 3. The fourth-order valence-corrected chi connectivity index (χ4v) is 4.25. The van der Waals surface area contributed by atoms with Crippen molar-refractivity contribution in [3.05, 3.63) is 59.7 Å². The zero-order chi connectivity index (χ0) is 21.4. The van der Waals surface area contributed by atoms with Gasteiger partial charge in [0.25, 0.3) is 0 Å². The largest absolute Gasteiger partial charge is 0.380 e. The van der Waals surface area contributed by atoms with Gasteiger partial charge in [-0.05, 0) is 43.5 Å². The molecule has 6 nitrogen and oxygen atoms in total. The van der Waals surface area contributed by atoms with Crippen LogP contribution in [0.5, 0.6) is 0 Å². The van der Waals surface area contributed by atoms with E-state index in [0.717, 1.165) is 11.3 Å². The highest BCUT2D eigenvalue weighted by Crippen LogP contribution is 2.16. The number of carbonyl (C=O) groups is 1. The molecule has 29 heavy (non-hydrogen) atoms. The zero-order valence-electron chi connectivity index (χ0n) is 17.5. The van der Waals surface area contributed by atoms with E-state index < -0.39 is 10.0 Å². The van der Waals surface area contributed by atoms with Gasteiger partial charge in [-0.1, -0.05) is 49.7 Å². The van der Waals surface area contributed by atoms with Crippen LogP contribution in [0, 0.1) is 19.8 Å². The molecular weight excluding hydrogens is 386 g/mol. The summed E-state index contributed by atoms with van der Waals surface area (Å²) in [6.45, 7) is 8.38. The van der Waals surface area contributed by atoms with E-state index in [1.165, 1.54) is 0 Å². The summed E-state index contributed by atoms with van der Waals surface area (Å²) in [5.74, 6) is 0.132. The molecule has 0 spiro atoms. The van der Waals surface area contributed by atoms with E-state index in [0.29, 0.717) is 18.0 Å². The van der Waals surface area contributed by atoms with Crippen molar-refractivity contribution < 1.29 is 13.2 Å². The van der Waals surface area contributed by atoms with Gasteiger partial charge in [0, 0.05) is 31.2 Å². The molecule has 1 amide bonds. The summed E-state index contributed by atoms with van der Waals surface area (Å²) in [6.07, 6.45) is 0.0836. The molecule has 0 bridgehead atoms. The molecule has 0 saturated heterocycles. The minimum absolute atomic E-state index is 0.0555. The minimum Gasteiger partial charge on any atom is -0.380 e. The van der Waals surface area contributed by atoms with Gasteiger partial charge in [0.2, 0.25) is 15.9 Å². The molecule has 0 aliphatic rings. The Labute approximate surface area is 174 Å². The Morgan fingerprint density at radius 3 is 2.34 bits per heavy atom. The Kier molecular flexibility index (Phi) is 8.22. The lowest BCUT2D eigenvalue weighted by Gasteiger charge is -2.24. The van der Waals surface area contributed by atoms with E-state index in [1.54, 1.807) is 19.1 Å². The number of aryl methyl sites for hydroxylation is 2. The number of anilines is 1. The first kappa shape index (κ1) is 22.9. The Bertz CT molecular complexity index is 912. The van der Waals surface area contributed by atoms with Crippen molar-refractivity contribution in [1.82, 2.24) is 10.0 Å². The summed E-state index contributed by atoms with van der Waals surface area (Å²) < 4.78 is 27.4. The number of para-hydroxylation sites is 1. The lowest BCUT2D eigenvalue weighted by molar-refractivity contribution is -0.121. The Morgan fingerprint density at radius 2 is 1.72 bits per heavy atom. The fourth-order valence-electron chi connectivity index (χ4n) is 2.99. The molecule has 0 aromatic heterocycles. The van der Waals surface area contributed by atoms with Gasteiger partial charge in [-0.3, -0.25) is 4.79 Å². The topological polar surface area (TPSA) is 87.3 Å². The van der Waals surface area contributed by atoms with Crippen LogP contribution in [0.1, 0.15) is 31.4 Å². The second-order valence-electron chi connectivity index (χ2n) is 7.58. The van der Waals surface area contributed by atoms with Gasteiger partial charge in [-0.15, -0.1) is 0 Å². The van der Waals surface area contributed by atoms with Crippen molar-refractivity contribution in [1.29, 1.82) is 0 Å². The highest BCUT2D eigenvalue weighted by atomic mass is 32.2. The summed E-state index contributed by atoms with van der Waals surface area (Å²) in [6, 6.07) is 15.1. The van der Waals surface area contributed by atoms with Crippen molar-refractivity contribution >= 4 is 21.6 Å². The SMILES string of the molecule is Cc1ccc(S(=O)(=O)NCCC(=O)NCC(Nc2ccccc2)C(C)C)c(C)c1. The third-order valence-corrected chi connectivity index (χ3v) is 6.34. The third-order valence-electron chi connectivity index (χ3n) is 4.71. The van der Waals surface area contributed by atoms with Crippen molar-refractivity contribution in [3.63, 3.8) is 0 Å². The van der Waals surface area contributed by atoms with Crippen LogP contribution in [0.15, 0.2) is 53.4 Å². The number of amides is 1. The van der Waals surface area contributed by atoms with Gasteiger partial charge >= 0.3 is 0 Å². The molecule has 1 unspecified atom stereocenters. The molecule has 158 valence electrons. The average molecular weight is 418 g/mol. The first-order chi connectivity index (χ1) is 13.7. The number of benzene rings is 2. The molecule has 2 aromatic rings. The average Bonchev–Trinajstić information content (AvgIpc) is 2.65. The molecule has 0 radical (unpaired) electrons. The van der Waals surface area contributed by atoms with Crippen LogP contribution in [-0.2, 0) is 14.8 Å². The summed E-state index contributed by atoms with van der Waals surface area (Å²) in [5.41, 5.74) is 2.69. The highest BCUT2D eigenvalue weighted by Gasteiger charge is 2.18. The van der Waals surface area contributed by atoms with Gasteiger partial charge in [0.05, 0.1) is 4.90 Å². The maximum atomic E-state index is 12.5. The van der Waals surface area contributed by atoms with Crippen LogP contribution in [-0.4, -0.2) is 33.5 Å². The van der Waals surface area contributed by atoms with E-state index >= 15 is 0 Å². The van der Waals surface area contributed by atoms with Gasteiger partial charge in [-0.25, -0.2) is 13.1 Å². The van der Waals surface area contributed by atoms with E-state index in [9.17, 15) is 13.2 Å². The Morgan fingerprint density at radius 1 is 1.03 bits per heavy atom. The molecule has 2 aromatic carbocycles. The normalized spacial score (nSPS) is 12.6. The van der Waals surface area contributed by atoms with Crippen LogP contribution >= 0.6 is 0 Å². The predicted molar refractivity (Wildman–Crippen MR) is 117 cm³/mol. The number of sulfonamides is 1. The maximum Gasteiger partial charge on any atom is 0.240 e. The summed E-state index contributed by atoms with van der Waals surface area (Å²) >= 11 is 0. The number of hydrogen-bond donors (Lipinski definition) is 3. The van der Waals surface area contributed by atoms with Gasteiger partial charge in [-0.2, -0.15) is 0 Å². The highest BCUT2D eigenvalue weighted by molar-refractivity contribution is 7.89. The van der Waals surface area contributed by atoms with Gasteiger partial charge in [0.15, 0.2) is 0 Å². The Hall–Kier alpha value is -2.38. The zero-order valence-corrected chi connectivity index (χ0v) is 18.3. The third kappa shape index (κ3) is 7.18. The molecule has 1 atom stereocenters. The molecular formula is C22H31N3O3S. The maximum absolute atomic E-state index is 12.5. The molecule has 3 N–H and O–H groups in total. The van der Waals surface area contributed by atoms with Crippen molar-refractivity contribution in [2.75, 3.05) is 18.4 Å². The van der Waals surface area contributed by atoms with Crippen molar-refractivity contribution in [3.8, 4) is 0 Å². The fraction of sp³-hybridized carbons (Fsp3) is 0.409. The molecule has 0 heterocycles. The van der Waals surface area contributed by atoms with Crippen LogP contribution in [0.25, 0.3) is 0 Å². The van der Waals surface area contributed by atoms with Crippen LogP contribution in [0.4, 0.5) is 5.69 Å². The lowest BCUT2D eigenvalue weighted by Crippen LogP contribution is -2.40. The van der Waals surface area contributed by atoms with E-state index in [1.807, 2.05) is 43.3 Å². The van der Waals surface area contributed by atoms with Crippen LogP contribution in [0.3, 0.4) is 0 Å². The first-order valence-electron chi connectivity index (χ1n) is 9.84. The number of hydrogen-bond acceptors (Lipinski definition) is 4. The second kappa shape index (κ2) is 10.4. The molecule has 7 heteroatoms. The van der Waals surface area contributed by atoms with Crippen molar-refractivity contribution in [2.45, 2.75) is 45.1 Å². The van der Waals surface area contributed by atoms with E-state index in [4.69, 9.17) is 0 Å². The summed E-state index contributed by atoms with van der Waals surface area (Å²) in [7, 11) is -3.63. The van der Waals surface area contributed by atoms with Crippen molar-refractivity contribution in [2.24, 2.45) is 5.92 Å². The first-order valence-corrected chi connectivity index (χ1v) is 11.3. The summed E-state index contributed by atoms with van der Waals surface area (Å²) in [4.78, 5) is 12.4. The molecule has 0 saturated carbocycles. The van der Waals surface area contributed by atoms with Gasteiger partial charge in [0.1, 0.15) is 0 Å². The number of carbonyl (C=O) groups excluding carboxylic acids is 1.